The number of aryl methyl sites for hydroxylation is 1. The van der Waals surface area contributed by atoms with Gasteiger partial charge in [0.1, 0.15) is 16.5 Å². The fourth-order valence-electron chi connectivity index (χ4n) is 2.09. The lowest BCUT2D eigenvalue weighted by Crippen LogP contribution is -2.05. The van der Waals surface area contributed by atoms with Crippen molar-refractivity contribution in [3.8, 4) is 0 Å². The lowest BCUT2D eigenvalue weighted by molar-refractivity contribution is -0.384. The average Bonchev–Trinajstić information content (AvgIpc) is 2.44. The summed E-state index contributed by atoms with van der Waals surface area (Å²) in [5.74, 6) is -1.83. The number of nitrogens with zero attached hydrogens (tertiary/aromatic N) is 1. The number of nitro benzene ring substituents is 1. The molecular formula is C15H12ClFN2O4. The van der Waals surface area contributed by atoms with Crippen LogP contribution in [0, 0.1) is 22.9 Å². The minimum Gasteiger partial charge on any atom is -0.481 e. The Morgan fingerprint density at radius 2 is 2.09 bits per heavy atom. The van der Waals surface area contributed by atoms with Crippen molar-refractivity contribution < 1.29 is 19.2 Å². The maximum absolute atomic E-state index is 14.0. The number of halogens is 2. The Balaban J connectivity index is 2.49. The third kappa shape index (κ3) is 3.75. The summed E-state index contributed by atoms with van der Waals surface area (Å²) in [4.78, 5) is 21.1. The van der Waals surface area contributed by atoms with Gasteiger partial charge in [0.15, 0.2) is 0 Å². The fraction of sp³-hybridized carbons (Fsp3) is 0.133. The largest absolute Gasteiger partial charge is 0.481 e. The van der Waals surface area contributed by atoms with E-state index in [4.69, 9.17) is 16.7 Å². The molecule has 0 heterocycles. The van der Waals surface area contributed by atoms with Crippen LogP contribution < -0.4 is 5.32 Å². The second-order valence-electron chi connectivity index (χ2n) is 4.87. The number of carbonyl (C=O) groups is 1. The molecule has 0 atom stereocenters. The molecule has 0 saturated heterocycles. The second-order valence-corrected chi connectivity index (χ2v) is 5.25. The van der Waals surface area contributed by atoms with E-state index in [0.717, 1.165) is 17.7 Å². The van der Waals surface area contributed by atoms with Crippen LogP contribution >= 0.6 is 11.6 Å². The van der Waals surface area contributed by atoms with Crippen molar-refractivity contribution in [1.29, 1.82) is 0 Å². The van der Waals surface area contributed by atoms with E-state index in [1.807, 2.05) is 0 Å². The van der Waals surface area contributed by atoms with Gasteiger partial charge in [-0.15, -0.1) is 0 Å². The summed E-state index contributed by atoms with van der Waals surface area (Å²) < 4.78 is 14.0. The molecule has 2 rings (SSSR count). The quantitative estimate of drug-likeness (QED) is 0.633. The standard InChI is InChI=1S/C15H12ClFN2O4/c1-8-2-4-11(9(6-8)7-13(20)21)18-15-10(17)3-5-12(14(15)16)19(22)23/h2-6,18H,7H2,1H3,(H,20,21). The van der Waals surface area contributed by atoms with Gasteiger partial charge in [-0.1, -0.05) is 29.3 Å². The maximum atomic E-state index is 14.0. The number of nitrogens with one attached hydrogen (secondary N) is 1. The van der Waals surface area contributed by atoms with E-state index < -0.39 is 22.4 Å². The summed E-state index contributed by atoms with van der Waals surface area (Å²) in [7, 11) is 0. The van der Waals surface area contributed by atoms with Gasteiger partial charge in [0.2, 0.25) is 0 Å². The van der Waals surface area contributed by atoms with E-state index in [1.165, 1.54) is 0 Å². The zero-order valence-corrected chi connectivity index (χ0v) is 12.7. The summed E-state index contributed by atoms with van der Waals surface area (Å²) >= 11 is 5.89. The number of aliphatic carboxylic acids is 1. The first-order valence-corrected chi connectivity index (χ1v) is 6.88. The second kappa shape index (κ2) is 6.62. The molecule has 0 fully saturated rings. The Morgan fingerprint density at radius 3 is 2.70 bits per heavy atom. The molecule has 6 nitrogen and oxygen atoms in total. The van der Waals surface area contributed by atoms with E-state index in [1.54, 1.807) is 25.1 Å². The Kier molecular flexibility index (Phi) is 4.80. The minimum atomic E-state index is -1.05. The molecule has 0 aliphatic rings. The molecule has 0 unspecified atom stereocenters. The van der Waals surface area contributed by atoms with Gasteiger partial charge in [-0.25, -0.2) is 4.39 Å². The summed E-state index contributed by atoms with van der Waals surface area (Å²) in [5, 5.41) is 22.1. The van der Waals surface area contributed by atoms with Crippen LogP contribution in [-0.4, -0.2) is 16.0 Å². The molecule has 0 aromatic heterocycles. The smallest absolute Gasteiger partial charge is 0.307 e. The minimum absolute atomic E-state index is 0.267. The lowest BCUT2D eigenvalue weighted by Gasteiger charge is -2.14. The van der Waals surface area contributed by atoms with Crippen LogP contribution in [0.25, 0.3) is 0 Å². The number of anilines is 2. The van der Waals surface area contributed by atoms with Crippen molar-refractivity contribution in [3.63, 3.8) is 0 Å². The molecule has 2 aromatic rings. The number of hydrogen-bond acceptors (Lipinski definition) is 4. The molecule has 0 amide bonds. The molecule has 0 radical (unpaired) electrons. The third-order valence-corrected chi connectivity index (χ3v) is 3.51. The summed E-state index contributed by atoms with van der Waals surface area (Å²) in [6, 6.07) is 6.81. The van der Waals surface area contributed by atoms with Crippen molar-refractivity contribution in [1.82, 2.24) is 0 Å². The van der Waals surface area contributed by atoms with Crippen LogP contribution in [0.1, 0.15) is 11.1 Å². The molecule has 0 spiro atoms. The zero-order chi connectivity index (χ0) is 17.1. The van der Waals surface area contributed by atoms with Crippen LogP contribution in [0.3, 0.4) is 0 Å². The third-order valence-electron chi connectivity index (χ3n) is 3.13. The molecule has 0 aliphatic heterocycles. The van der Waals surface area contributed by atoms with E-state index in [0.29, 0.717) is 11.3 Å². The van der Waals surface area contributed by atoms with Crippen LogP contribution in [0.4, 0.5) is 21.5 Å². The summed E-state index contributed by atoms with van der Waals surface area (Å²) in [6.45, 7) is 1.79. The van der Waals surface area contributed by atoms with E-state index in [-0.39, 0.29) is 17.1 Å². The lowest BCUT2D eigenvalue weighted by atomic mass is 10.1. The molecule has 0 aliphatic carbocycles. The van der Waals surface area contributed by atoms with Crippen molar-refractivity contribution >= 4 is 34.6 Å². The fourth-order valence-corrected chi connectivity index (χ4v) is 2.35. The predicted octanol–water partition coefficient (Wildman–Crippen LogP) is 4.07. The summed E-state index contributed by atoms with van der Waals surface area (Å²) in [5.41, 5.74) is 0.856. The molecule has 120 valence electrons. The van der Waals surface area contributed by atoms with Gasteiger partial charge in [-0.3, -0.25) is 14.9 Å². The highest BCUT2D eigenvalue weighted by molar-refractivity contribution is 6.35. The van der Waals surface area contributed by atoms with Gasteiger partial charge in [0, 0.05) is 11.8 Å². The van der Waals surface area contributed by atoms with Crippen molar-refractivity contribution in [3.05, 3.63) is 62.4 Å². The highest BCUT2D eigenvalue weighted by atomic mass is 35.5. The highest BCUT2D eigenvalue weighted by Crippen LogP contribution is 2.36. The van der Waals surface area contributed by atoms with Crippen LogP contribution in [0.5, 0.6) is 0 Å². The normalized spacial score (nSPS) is 10.4. The van der Waals surface area contributed by atoms with E-state index >= 15 is 0 Å². The first kappa shape index (κ1) is 16.7. The predicted molar refractivity (Wildman–Crippen MR) is 83.9 cm³/mol. The molecule has 0 bridgehead atoms. The Morgan fingerprint density at radius 1 is 1.39 bits per heavy atom. The monoisotopic (exact) mass is 338 g/mol. The highest BCUT2D eigenvalue weighted by Gasteiger charge is 2.20. The van der Waals surface area contributed by atoms with E-state index in [9.17, 15) is 19.3 Å². The Labute approximate surface area is 135 Å². The Bertz CT molecular complexity index is 795. The average molecular weight is 339 g/mol. The Hall–Kier alpha value is -2.67. The number of benzene rings is 2. The number of carboxylic acids is 1. The molecule has 2 N–H and O–H groups in total. The number of carboxylic acid groups (broad SMARTS) is 1. The number of hydrogen-bond donors (Lipinski definition) is 2. The van der Waals surface area contributed by atoms with Crippen LogP contribution in [-0.2, 0) is 11.2 Å². The molecule has 2 aromatic carbocycles. The van der Waals surface area contributed by atoms with Crippen molar-refractivity contribution in [2.24, 2.45) is 0 Å². The molecule has 0 saturated carbocycles. The van der Waals surface area contributed by atoms with Gasteiger partial charge in [0.25, 0.3) is 5.69 Å². The van der Waals surface area contributed by atoms with Crippen LogP contribution in [0.2, 0.25) is 5.02 Å². The number of nitro groups is 1. The van der Waals surface area contributed by atoms with Crippen LogP contribution in [0.15, 0.2) is 30.3 Å². The van der Waals surface area contributed by atoms with Gasteiger partial charge >= 0.3 is 5.97 Å². The maximum Gasteiger partial charge on any atom is 0.307 e. The number of rotatable bonds is 5. The van der Waals surface area contributed by atoms with Gasteiger partial charge < -0.3 is 10.4 Å². The van der Waals surface area contributed by atoms with Crippen molar-refractivity contribution in [2.45, 2.75) is 13.3 Å². The topological polar surface area (TPSA) is 92.5 Å². The zero-order valence-electron chi connectivity index (χ0n) is 12.0. The summed E-state index contributed by atoms with van der Waals surface area (Å²) in [6.07, 6.45) is -0.280. The molecular weight excluding hydrogens is 327 g/mol. The van der Waals surface area contributed by atoms with Gasteiger partial charge in [0.05, 0.1) is 11.3 Å². The van der Waals surface area contributed by atoms with Crippen molar-refractivity contribution in [2.75, 3.05) is 5.32 Å². The first-order valence-electron chi connectivity index (χ1n) is 6.50. The van der Waals surface area contributed by atoms with E-state index in [2.05, 4.69) is 5.32 Å². The van der Waals surface area contributed by atoms with Gasteiger partial charge in [-0.05, 0) is 24.6 Å². The molecule has 23 heavy (non-hydrogen) atoms. The molecule has 8 heteroatoms. The first-order chi connectivity index (χ1) is 10.8. The van der Waals surface area contributed by atoms with Gasteiger partial charge in [-0.2, -0.15) is 0 Å². The SMILES string of the molecule is Cc1ccc(Nc2c(F)ccc([N+](=O)[O-])c2Cl)c(CC(=O)O)c1.